The van der Waals surface area contributed by atoms with Gasteiger partial charge in [-0.25, -0.2) is 4.79 Å². The van der Waals surface area contributed by atoms with Gasteiger partial charge in [-0.2, -0.15) is 5.01 Å². The Morgan fingerprint density at radius 1 is 0.839 bits per heavy atom. The first-order valence-corrected chi connectivity index (χ1v) is 10.7. The van der Waals surface area contributed by atoms with Gasteiger partial charge >= 0.3 is 6.03 Å². The maximum absolute atomic E-state index is 13.0. The summed E-state index contributed by atoms with van der Waals surface area (Å²) in [5, 5.41) is 18.1. The molecule has 3 aromatic carbocycles. The summed E-state index contributed by atoms with van der Waals surface area (Å²) in [4.78, 5) is 13.0. The lowest BCUT2D eigenvalue weighted by Crippen LogP contribution is -2.41. The zero-order valence-electron chi connectivity index (χ0n) is 16.4. The highest BCUT2D eigenvalue weighted by molar-refractivity contribution is 7.15. The molecule has 0 aliphatic carbocycles. The van der Waals surface area contributed by atoms with Crippen molar-refractivity contribution in [2.24, 2.45) is 0 Å². The molecule has 6 heteroatoms. The monoisotopic (exact) mass is 425 g/mol. The van der Waals surface area contributed by atoms with Crippen LogP contribution in [0.25, 0.3) is 16.7 Å². The molecule has 5 nitrogen and oxygen atoms in total. The summed E-state index contributed by atoms with van der Waals surface area (Å²) < 4.78 is 0. The van der Waals surface area contributed by atoms with E-state index in [0.717, 1.165) is 32.3 Å². The van der Waals surface area contributed by atoms with Crippen LogP contribution in [-0.4, -0.2) is 16.1 Å². The van der Waals surface area contributed by atoms with Crippen LogP contribution in [0.5, 0.6) is 0 Å². The number of urea groups is 1. The third kappa shape index (κ3) is 3.53. The van der Waals surface area contributed by atoms with E-state index in [2.05, 4.69) is 10.7 Å². The number of benzene rings is 3. The number of aliphatic hydroxyl groups is 1. The molecule has 152 valence electrons. The molecular formula is C25H19N3O2S. The molecule has 0 atom stereocenters. The molecule has 0 fully saturated rings. The highest BCUT2D eigenvalue weighted by Gasteiger charge is 2.33. The Morgan fingerprint density at radius 2 is 1.42 bits per heavy atom. The van der Waals surface area contributed by atoms with Crippen LogP contribution in [-0.2, 0) is 0 Å². The number of hydrazine groups is 1. The van der Waals surface area contributed by atoms with Crippen LogP contribution in [0, 0.1) is 0 Å². The van der Waals surface area contributed by atoms with E-state index in [1.807, 2.05) is 84.2 Å². The Kier molecular flexibility index (Phi) is 4.90. The van der Waals surface area contributed by atoms with Crippen molar-refractivity contribution in [2.45, 2.75) is 0 Å². The van der Waals surface area contributed by atoms with Crippen molar-refractivity contribution in [3.05, 3.63) is 113 Å². The van der Waals surface area contributed by atoms with E-state index in [4.69, 9.17) is 0 Å². The summed E-state index contributed by atoms with van der Waals surface area (Å²) in [5.74, 6) is -0.150. The third-order valence-electron chi connectivity index (χ3n) is 5.07. The lowest BCUT2D eigenvalue weighted by molar-refractivity contribution is 0.205. The van der Waals surface area contributed by atoms with Gasteiger partial charge in [0.2, 0.25) is 5.88 Å². The first-order valence-electron chi connectivity index (χ1n) is 9.81. The molecule has 0 radical (unpaired) electrons. The van der Waals surface area contributed by atoms with Gasteiger partial charge in [0.15, 0.2) is 0 Å². The zero-order chi connectivity index (χ0) is 21.2. The standard InChI is InChI=1S/C25H19N3O2S/c29-24-21(18-12-6-2-7-13-18)22-20(17-10-4-1-5-11-17)16-31-23(22)27-28(24)25(30)26-19-14-8-3-9-15-19/h1-16,27,29H,(H,26,30). The molecule has 0 spiro atoms. The van der Waals surface area contributed by atoms with Gasteiger partial charge in [-0.3, -0.25) is 5.43 Å². The predicted molar refractivity (Wildman–Crippen MR) is 126 cm³/mol. The van der Waals surface area contributed by atoms with Crippen molar-refractivity contribution in [2.75, 3.05) is 10.7 Å². The maximum atomic E-state index is 13.0. The molecule has 4 aromatic rings. The van der Waals surface area contributed by atoms with Crippen molar-refractivity contribution in [3.63, 3.8) is 0 Å². The molecule has 2 amide bonds. The SMILES string of the molecule is O=C(Nc1ccccc1)N1Nc2scc(-c3ccccc3)c2C(c2ccccc2)=C1O. The number of para-hydroxylation sites is 1. The van der Waals surface area contributed by atoms with Gasteiger partial charge in [0.05, 0.1) is 5.57 Å². The molecule has 0 saturated heterocycles. The summed E-state index contributed by atoms with van der Waals surface area (Å²) in [5.41, 5.74) is 8.10. The van der Waals surface area contributed by atoms with E-state index in [-0.39, 0.29) is 5.88 Å². The molecular weight excluding hydrogens is 406 g/mol. The Balaban J connectivity index is 1.62. The van der Waals surface area contributed by atoms with Gasteiger partial charge in [0, 0.05) is 22.2 Å². The molecule has 3 N–H and O–H groups in total. The first-order chi connectivity index (χ1) is 15.2. The van der Waals surface area contributed by atoms with Crippen molar-refractivity contribution in [1.82, 2.24) is 5.01 Å². The lowest BCUT2D eigenvalue weighted by Gasteiger charge is -2.30. The summed E-state index contributed by atoms with van der Waals surface area (Å²) >= 11 is 1.50. The van der Waals surface area contributed by atoms with E-state index in [0.29, 0.717) is 11.3 Å². The number of rotatable bonds is 3. The first kappa shape index (κ1) is 19.0. The van der Waals surface area contributed by atoms with Crippen LogP contribution >= 0.6 is 11.3 Å². The topological polar surface area (TPSA) is 64.6 Å². The Hall–Kier alpha value is -4.03. The second kappa shape index (κ2) is 8.01. The second-order valence-corrected chi connectivity index (χ2v) is 7.91. The van der Waals surface area contributed by atoms with Crippen LogP contribution < -0.4 is 10.7 Å². The summed E-state index contributed by atoms with van der Waals surface area (Å²) in [6.07, 6.45) is 0. The predicted octanol–water partition coefficient (Wildman–Crippen LogP) is 6.56. The van der Waals surface area contributed by atoms with Crippen molar-refractivity contribution >= 4 is 33.6 Å². The highest BCUT2D eigenvalue weighted by Crippen LogP contribution is 2.46. The van der Waals surface area contributed by atoms with Crippen LogP contribution in [0.2, 0.25) is 0 Å². The number of nitrogens with zero attached hydrogens (tertiary/aromatic N) is 1. The Morgan fingerprint density at radius 3 is 2.06 bits per heavy atom. The van der Waals surface area contributed by atoms with Crippen LogP contribution in [0.15, 0.2) is 102 Å². The fourth-order valence-electron chi connectivity index (χ4n) is 3.62. The van der Waals surface area contributed by atoms with Gasteiger partial charge in [-0.05, 0) is 23.3 Å². The van der Waals surface area contributed by atoms with E-state index in [1.165, 1.54) is 11.3 Å². The third-order valence-corrected chi connectivity index (χ3v) is 5.95. The van der Waals surface area contributed by atoms with Gasteiger partial charge < -0.3 is 10.4 Å². The largest absolute Gasteiger partial charge is 0.493 e. The summed E-state index contributed by atoms with van der Waals surface area (Å²) in [6.45, 7) is 0. The quantitative estimate of drug-likeness (QED) is 0.348. The molecule has 2 heterocycles. The molecule has 1 aromatic heterocycles. The van der Waals surface area contributed by atoms with Crippen LogP contribution in [0.4, 0.5) is 15.5 Å². The van der Waals surface area contributed by atoms with Gasteiger partial charge in [-0.1, -0.05) is 78.9 Å². The molecule has 5 rings (SSSR count). The summed E-state index contributed by atoms with van der Waals surface area (Å²) in [6, 6.07) is 28.3. The van der Waals surface area contributed by atoms with E-state index < -0.39 is 6.03 Å². The van der Waals surface area contributed by atoms with Gasteiger partial charge in [0.25, 0.3) is 0 Å². The highest BCUT2D eigenvalue weighted by atomic mass is 32.1. The second-order valence-electron chi connectivity index (χ2n) is 7.03. The van der Waals surface area contributed by atoms with Crippen molar-refractivity contribution in [1.29, 1.82) is 0 Å². The van der Waals surface area contributed by atoms with E-state index in [9.17, 15) is 9.90 Å². The number of nitrogens with one attached hydrogen (secondary N) is 2. The van der Waals surface area contributed by atoms with Crippen molar-refractivity contribution in [3.8, 4) is 11.1 Å². The minimum Gasteiger partial charge on any atom is -0.493 e. The minimum absolute atomic E-state index is 0.150. The van der Waals surface area contributed by atoms with Crippen LogP contribution in [0.3, 0.4) is 0 Å². The maximum Gasteiger partial charge on any atom is 0.347 e. The zero-order valence-corrected chi connectivity index (χ0v) is 17.3. The number of hydrogen-bond acceptors (Lipinski definition) is 4. The normalized spacial score (nSPS) is 12.8. The molecule has 0 saturated carbocycles. The smallest absolute Gasteiger partial charge is 0.347 e. The van der Waals surface area contributed by atoms with E-state index in [1.54, 1.807) is 12.1 Å². The average molecular weight is 426 g/mol. The number of amides is 2. The number of carbonyl (C=O) groups is 1. The van der Waals surface area contributed by atoms with Crippen LogP contribution in [0.1, 0.15) is 11.1 Å². The van der Waals surface area contributed by atoms with Gasteiger partial charge in [0.1, 0.15) is 5.00 Å². The molecule has 31 heavy (non-hydrogen) atoms. The van der Waals surface area contributed by atoms with Crippen molar-refractivity contribution < 1.29 is 9.90 Å². The number of fused-ring (bicyclic) bond motifs is 1. The fourth-order valence-corrected chi connectivity index (χ4v) is 4.59. The Bertz CT molecular complexity index is 1250. The van der Waals surface area contributed by atoms with E-state index >= 15 is 0 Å². The minimum atomic E-state index is -0.475. The Labute approximate surface area is 183 Å². The number of hydrogen-bond donors (Lipinski definition) is 3. The molecule has 1 aliphatic rings. The molecule has 1 aliphatic heterocycles. The fraction of sp³-hybridized carbons (Fsp3) is 0. The number of carbonyl (C=O) groups excluding carboxylic acids is 1. The van der Waals surface area contributed by atoms with Gasteiger partial charge in [-0.15, -0.1) is 11.3 Å². The molecule has 0 unspecified atom stereocenters. The lowest BCUT2D eigenvalue weighted by atomic mass is 9.92. The molecule has 0 bridgehead atoms. The number of thiophene rings is 1. The summed E-state index contributed by atoms with van der Waals surface area (Å²) in [7, 11) is 0. The number of anilines is 2. The average Bonchev–Trinajstić information content (AvgIpc) is 3.24. The number of aliphatic hydroxyl groups excluding tert-OH is 1.